The molecule has 0 radical (unpaired) electrons. The molecular weight excluding hydrogens is 384 g/mol. The number of para-hydroxylation sites is 1. The zero-order valence-electron chi connectivity index (χ0n) is 13.6. The lowest BCUT2D eigenvalue weighted by atomic mass is 10.1. The van der Waals surface area contributed by atoms with Gasteiger partial charge in [0.05, 0.1) is 17.4 Å². The van der Waals surface area contributed by atoms with Crippen molar-refractivity contribution in [1.82, 2.24) is 5.32 Å². The van der Waals surface area contributed by atoms with Gasteiger partial charge in [-0.05, 0) is 43.2 Å². The lowest BCUT2D eigenvalue weighted by Gasteiger charge is -2.14. The van der Waals surface area contributed by atoms with Crippen LogP contribution in [0.1, 0.15) is 33.6 Å². The molecule has 1 unspecified atom stereocenters. The van der Waals surface area contributed by atoms with E-state index in [4.69, 9.17) is 4.74 Å². The van der Waals surface area contributed by atoms with Gasteiger partial charge in [-0.3, -0.25) is 9.59 Å². The third kappa shape index (κ3) is 4.67. The Morgan fingerprint density at radius 2 is 1.96 bits per heavy atom. The monoisotopic (exact) mass is 402 g/mol. The Hall–Kier alpha value is -2.18. The number of nitrogens with one attached hydrogen (secondary N) is 2. The van der Waals surface area contributed by atoms with Crippen molar-refractivity contribution in [3.05, 3.63) is 64.1 Å². The fourth-order valence-electron chi connectivity index (χ4n) is 2.72. The van der Waals surface area contributed by atoms with Crippen molar-refractivity contribution in [3.8, 4) is 0 Å². The number of benzene rings is 2. The van der Waals surface area contributed by atoms with Crippen molar-refractivity contribution in [1.29, 1.82) is 0 Å². The highest BCUT2D eigenvalue weighted by atomic mass is 79.9. The number of anilines is 1. The summed E-state index contributed by atoms with van der Waals surface area (Å²) in [7, 11) is 0. The first kappa shape index (κ1) is 17.6. The molecule has 25 heavy (non-hydrogen) atoms. The average Bonchev–Trinajstić information content (AvgIpc) is 3.13. The second-order valence-corrected chi connectivity index (χ2v) is 6.77. The van der Waals surface area contributed by atoms with Crippen molar-refractivity contribution in [2.75, 3.05) is 18.5 Å². The molecule has 1 aliphatic rings. The molecule has 0 aliphatic carbocycles. The molecule has 1 fully saturated rings. The first-order valence-corrected chi connectivity index (χ1v) is 8.98. The zero-order valence-corrected chi connectivity index (χ0v) is 15.2. The summed E-state index contributed by atoms with van der Waals surface area (Å²) in [5.74, 6) is -0.485. The van der Waals surface area contributed by atoms with Gasteiger partial charge in [-0.1, -0.05) is 34.1 Å². The molecule has 5 nitrogen and oxygen atoms in total. The van der Waals surface area contributed by atoms with Gasteiger partial charge in [0.15, 0.2) is 0 Å². The van der Waals surface area contributed by atoms with Crippen LogP contribution >= 0.6 is 15.9 Å². The third-order valence-corrected chi connectivity index (χ3v) is 4.51. The zero-order chi connectivity index (χ0) is 17.6. The smallest absolute Gasteiger partial charge is 0.255 e. The van der Waals surface area contributed by atoms with Crippen LogP contribution in [0.15, 0.2) is 53.0 Å². The SMILES string of the molecule is O=C(Nc1ccccc1C(=O)NCC1CCCO1)c1cccc(Br)c1. The Bertz CT molecular complexity index is 773. The first-order chi connectivity index (χ1) is 12.1. The Kier molecular flexibility index (Phi) is 5.83. The van der Waals surface area contributed by atoms with Gasteiger partial charge in [0.25, 0.3) is 11.8 Å². The van der Waals surface area contributed by atoms with Crippen molar-refractivity contribution < 1.29 is 14.3 Å². The highest BCUT2D eigenvalue weighted by molar-refractivity contribution is 9.10. The normalized spacial score (nSPS) is 16.4. The van der Waals surface area contributed by atoms with Crippen LogP contribution in [0.5, 0.6) is 0 Å². The second-order valence-electron chi connectivity index (χ2n) is 5.86. The molecule has 0 saturated carbocycles. The number of halogens is 1. The van der Waals surface area contributed by atoms with E-state index in [1.54, 1.807) is 42.5 Å². The predicted molar refractivity (Wildman–Crippen MR) is 99.8 cm³/mol. The Morgan fingerprint density at radius 3 is 2.72 bits per heavy atom. The summed E-state index contributed by atoms with van der Waals surface area (Å²) < 4.78 is 6.34. The van der Waals surface area contributed by atoms with E-state index in [1.807, 2.05) is 6.07 Å². The van der Waals surface area contributed by atoms with Gasteiger partial charge < -0.3 is 15.4 Å². The number of hydrogen-bond donors (Lipinski definition) is 2. The van der Waals surface area contributed by atoms with Crippen LogP contribution in [0.3, 0.4) is 0 Å². The summed E-state index contributed by atoms with van der Waals surface area (Å²) in [6.45, 7) is 1.23. The predicted octanol–water partition coefficient (Wildman–Crippen LogP) is 3.61. The summed E-state index contributed by atoms with van der Waals surface area (Å²) in [6.07, 6.45) is 2.06. The molecule has 0 aromatic heterocycles. The molecular formula is C19H19BrN2O3. The van der Waals surface area contributed by atoms with Crippen LogP contribution < -0.4 is 10.6 Å². The molecule has 2 aromatic carbocycles. The maximum absolute atomic E-state index is 12.5. The second kappa shape index (κ2) is 8.27. The van der Waals surface area contributed by atoms with Crippen molar-refractivity contribution in [2.24, 2.45) is 0 Å². The fraction of sp³-hybridized carbons (Fsp3) is 0.263. The van der Waals surface area contributed by atoms with Gasteiger partial charge in [0.2, 0.25) is 0 Å². The summed E-state index contributed by atoms with van der Waals surface area (Å²) in [5, 5.41) is 5.69. The van der Waals surface area contributed by atoms with E-state index in [0.29, 0.717) is 23.4 Å². The average molecular weight is 403 g/mol. The molecule has 0 spiro atoms. The maximum Gasteiger partial charge on any atom is 0.255 e. The molecule has 130 valence electrons. The molecule has 6 heteroatoms. The molecule has 3 rings (SSSR count). The molecule has 2 amide bonds. The fourth-order valence-corrected chi connectivity index (χ4v) is 3.12. The molecule has 0 bridgehead atoms. The largest absolute Gasteiger partial charge is 0.376 e. The number of amides is 2. The Morgan fingerprint density at radius 1 is 1.12 bits per heavy atom. The van der Waals surface area contributed by atoms with Crippen molar-refractivity contribution in [2.45, 2.75) is 18.9 Å². The minimum absolute atomic E-state index is 0.0763. The minimum atomic E-state index is -0.263. The van der Waals surface area contributed by atoms with E-state index in [9.17, 15) is 9.59 Å². The van der Waals surface area contributed by atoms with Crippen LogP contribution in [0.4, 0.5) is 5.69 Å². The number of ether oxygens (including phenoxy) is 1. The molecule has 1 heterocycles. The molecule has 2 aromatic rings. The maximum atomic E-state index is 12.5. The summed E-state index contributed by atoms with van der Waals surface area (Å²) >= 11 is 3.35. The summed E-state index contributed by atoms with van der Waals surface area (Å²) in [5.41, 5.74) is 1.44. The van der Waals surface area contributed by atoms with E-state index in [2.05, 4.69) is 26.6 Å². The quantitative estimate of drug-likeness (QED) is 0.802. The lowest BCUT2D eigenvalue weighted by molar-refractivity contribution is 0.0858. The van der Waals surface area contributed by atoms with Gasteiger partial charge in [-0.15, -0.1) is 0 Å². The first-order valence-electron chi connectivity index (χ1n) is 8.19. The Balaban J connectivity index is 1.69. The lowest BCUT2D eigenvalue weighted by Crippen LogP contribution is -2.32. The van der Waals surface area contributed by atoms with Crippen LogP contribution in [-0.4, -0.2) is 31.1 Å². The van der Waals surface area contributed by atoms with Crippen LogP contribution in [0.25, 0.3) is 0 Å². The number of carbonyl (C=O) groups is 2. The highest BCUT2D eigenvalue weighted by Crippen LogP contribution is 2.18. The van der Waals surface area contributed by atoms with Gasteiger partial charge in [-0.25, -0.2) is 0 Å². The molecule has 1 saturated heterocycles. The Labute approximate surface area is 154 Å². The number of carbonyl (C=O) groups excluding carboxylic acids is 2. The van der Waals surface area contributed by atoms with Gasteiger partial charge in [-0.2, -0.15) is 0 Å². The topological polar surface area (TPSA) is 67.4 Å². The van der Waals surface area contributed by atoms with Crippen LogP contribution in [-0.2, 0) is 4.74 Å². The van der Waals surface area contributed by atoms with Crippen molar-refractivity contribution >= 4 is 33.4 Å². The van der Waals surface area contributed by atoms with E-state index in [0.717, 1.165) is 23.9 Å². The van der Waals surface area contributed by atoms with Crippen LogP contribution in [0.2, 0.25) is 0 Å². The van der Waals surface area contributed by atoms with E-state index in [-0.39, 0.29) is 17.9 Å². The minimum Gasteiger partial charge on any atom is -0.376 e. The summed E-state index contributed by atoms with van der Waals surface area (Å²) in [4.78, 5) is 24.9. The van der Waals surface area contributed by atoms with Gasteiger partial charge >= 0.3 is 0 Å². The molecule has 1 atom stereocenters. The standard InChI is InChI=1S/C19H19BrN2O3/c20-14-6-3-5-13(11-14)18(23)22-17-9-2-1-8-16(17)19(24)21-12-15-7-4-10-25-15/h1-3,5-6,8-9,11,15H,4,7,10,12H2,(H,21,24)(H,22,23). The third-order valence-electron chi connectivity index (χ3n) is 4.02. The molecule has 2 N–H and O–H groups in total. The van der Waals surface area contributed by atoms with E-state index in [1.165, 1.54) is 0 Å². The van der Waals surface area contributed by atoms with E-state index >= 15 is 0 Å². The summed E-state index contributed by atoms with van der Waals surface area (Å²) in [6, 6.07) is 14.1. The van der Waals surface area contributed by atoms with Crippen molar-refractivity contribution in [3.63, 3.8) is 0 Å². The van der Waals surface area contributed by atoms with Crippen LogP contribution in [0, 0.1) is 0 Å². The number of rotatable bonds is 5. The van der Waals surface area contributed by atoms with Gasteiger partial charge in [0.1, 0.15) is 0 Å². The molecule has 1 aliphatic heterocycles. The highest BCUT2D eigenvalue weighted by Gasteiger charge is 2.18. The number of hydrogen-bond acceptors (Lipinski definition) is 3. The van der Waals surface area contributed by atoms with E-state index < -0.39 is 0 Å². The van der Waals surface area contributed by atoms with Gasteiger partial charge in [0, 0.05) is 23.2 Å².